The highest BCUT2D eigenvalue weighted by Gasteiger charge is 2.22. The standard InChI is InChI=1S/C10H12N4S/c11-7-3-4-14-9(6-7)12-13-10(14)8-2-1-5-15-8/h3-4,6,8H,1-2,5,11H2. The number of rotatable bonds is 1. The van der Waals surface area contributed by atoms with E-state index in [1.165, 1.54) is 18.6 Å². The van der Waals surface area contributed by atoms with Crippen LogP contribution in [0.3, 0.4) is 0 Å². The minimum absolute atomic E-state index is 0.503. The van der Waals surface area contributed by atoms with E-state index in [-0.39, 0.29) is 0 Å². The molecule has 2 aromatic rings. The average molecular weight is 220 g/mol. The average Bonchev–Trinajstić information content (AvgIpc) is 2.82. The maximum atomic E-state index is 5.70. The maximum Gasteiger partial charge on any atom is 0.162 e. The molecule has 1 saturated heterocycles. The van der Waals surface area contributed by atoms with E-state index in [0.717, 1.165) is 17.2 Å². The second-order valence-corrected chi connectivity index (χ2v) is 5.06. The van der Waals surface area contributed by atoms with Gasteiger partial charge in [0.05, 0.1) is 5.25 Å². The van der Waals surface area contributed by atoms with Crippen molar-refractivity contribution in [2.24, 2.45) is 0 Å². The Bertz CT molecular complexity index is 487. The van der Waals surface area contributed by atoms with Crippen LogP contribution in [0.5, 0.6) is 0 Å². The first-order chi connectivity index (χ1) is 7.34. The predicted octanol–water partition coefficient (Wildman–Crippen LogP) is 1.88. The molecule has 0 radical (unpaired) electrons. The van der Waals surface area contributed by atoms with Crippen molar-refractivity contribution in [3.63, 3.8) is 0 Å². The number of pyridine rings is 1. The van der Waals surface area contributed by atoms with Gasteiger partial charge in [-0.1, -0.05) is 0 Å². The monoisotopic (exact) mass is 220 g/mol. The molecule has 0 aliphatic carbocycles. The summed E-state index contributed by atoms with van der Waals surface area (Å²) < 4.78 is 2.04. The zero-order valence-electron chi connectivity index (χ0n) is 8.26. The van der Waals surface area contributed by atoms with Crippen molar-refractivity contribution in [1.29, 1.82) is 0 Å². The highest BCUT2D eigenvalue weighted by atomic mass is 32.2. The molecule has 3 heterocycles. The third-order valence-electron chi connectivity index (χ3n) is 2.68. The Kier molecular flexibility index (Phi) is 2.05. The SMILES string of the molecule is Nc1ccn2c(C3CCCS3)nnc2c1. The molecule has 2 aromatic heterocycles. The molecule has 1 unspecified atom stereocenters. The van der Waals surface area contributed by atoms with Crippen LogP contribution in [0.25, 0.3) is 5.65 Å². The molecule has 1 aliphatic heterocycles. The second-order valence-electron chi connectivity index (χ2n) is 3.75. The fourth-order valence-electron chi connectivity index (χ4n) is 1.93. The van der Waals surface area contributed by atoms with Crippen molar-refractivity contribution in [1.82, 2.24) is 14.6 Å². The number of nitrogen functional groups attached to an aromatic ring is 1. The molecule has 0 spiro atoms. The molecule has 1 fully saturated rings. The van der Waals surface area contributed by atoms with Crippen LogP contribution in [-0.2, 0) is 0 Å². The molecule has 0 saturated carbocycles. The Labute approximate surface area is 91.9 Å². The largest absolute Gasteiger partial charge is 0.399 e. The van der Waals surface area contributed by atoms with Gasteiger partial charge in [0.1, 0.15) is 0 Å². The third kappa shape index (κ3) is 1.47. The van der Waals surface area contributed by atoms with E-state index in [1.807, 2.05) is 34.5 Å². The highest BCUT2D eigenvalue weighted by molar-refractivity contribution is 7.99. The first kappa shape index (κ1) is 9.03. The zero-order valence-corrected chi connectivity index (χ0v) is 9.07. The summed E-state index contributed by atoms with van der Waals surface area (Å²) >= 11 is 1.96. The molecule has 15 heavy (non-hydrogen) atoms. The van der Waals surface area contributed by atoms with Crippen LogP contribution >= 0.6 is 11.8 Å². The first-order valence-corrected chi connectivity index (χ1v) is 6.11. The van der Waals surface area contributed by atoms with Gasteiger partial charge in [0.2, 0.25) is 0 Å². The molecular formula is C10H12N4S. The molecule has 4 nitrogen and oxygen atoms in total. The van der Waals surface area contributed by atoms with Gasteiger partial charge < -0.3 is 5.73 Å². The van der Waals surface area contributed by atoms with Crippen LogP contribution in [0.2, 0.25) is 0 Å². The van der Waals surface area contributed by atoms with Crippen molar-refractivity contribution in [2.45, 2.75) is 18.1 Å². The Morgan fingerprint density at radius 3 is 3.20 bits per heavy atom. The van der Waals surface area contributed by atoms with Crippen molar-refractivity contribution < 1.29 is 0 Å². The van der Waals surface area contributed by atoms with Gasteiger partial charge >= 0.3 is 0 Å². The van der Waals surface area contributed by atoms with Crippen molar-refractivity contribution in [3.8, 4) is 0 Å². The van der Waals surface area contributed by atoms with Crippen molar-refractivity contribution >= 4 is 23.1 Å². The smallest absolute Gasteiger partial charge is 0.162 e. The number of fused-ring (bicyclic) bond motifs is 1. The van der Waals surface area contributed by atoms with E-state index in [2.05, 4.69) is 10.2 Å². The quantitative estimate of drug-likeness (QED) is 0.797. The highest BCUT2D eigenvalue weighted by Crippen LogP contribution is 2.38. The molecule has 0 amide bonds. The molecule has 78 valence electrons. The third-order valence-corrected chi connectivity index (χ3v) is 4.05. The maximum absolute atomic E-state index is 5.70. The second kappa shape index (κ2) is 3.41. The van der Waals surface area contributed by atoms with Gasteiger partial charge in [-0.15, -0.1) is 10.2 Å². The van der Waals surface area contributed by atoms with E-state index >= 15 is 0 Å². The Morgan fingerprint density at radius 2 is 2.40 bits per heavy atom. The van der Waals surface area contributed by atoms with Crippen LogP contribution in [-0.4, -0.2) is 20.4 Å². The van der Waals surface area contributed by atoms with Crippen LogP contribution in [0.15, 0.2) is 18.3 Å². The van der Waals surface area contributed by atoms with E-state index in [1.54, 1.807) is 0 Å². The summed E-state index contributed by atoms with van der Waals surface area (Å²) in [6, 6.07) is 3.75. The van der Waals surface area contributed by atoms with Crippen LogP contribution in [0.1, 0.15) is 23.9 Å². The summed E-state index contributed by atoms with van der Waals surface area (Å²) in [4.78, 5) is 0. The number of anilines is 1. The van der Waals surface area contributed by atoms with Gasteiger partial charge in [-0.25, -0.2) is 0 Å². The van der Waals surface area contributed by atoms with Gasteiger partial charge in [-0.05, 0) is 24.7 Å². The number of nitrogens with zero attached hydrogens (tertiary/aromatic N) is 3. The molecule has 3 rings (SSSR count). The minimum atomic E-state index is 0.503. The number of hydrogen-bond donors (Lipinski definition) is 1. The first-order valence-electron chi connectivity index (χ1n) is 5.06. The normalized spacial score (nSPS) is 21.2. The van der Waals surface area contributed by atoms with E-state index in [0.29, 0.717) is 5.25 Å². The molecule has 0 bridgehead atoms. The molecular weight excluding hydrogens is 208 g/mol. The number of nitrogens with two attached hydrogens (primary N) is 1. The van der Waals surface area contributed by atoms with Gasteiger partial charge in [0.25, 0.3) is 0 Å². The van der Waals surface area contributed by atoms with Gasteiger partial charge in [0.15, 0.2) is 11.5 Å². The number of hydrogen-bond acceptors (Lipinski definition) is 4. The Balaban J connectivity index is 2.11. The molecule has 1 atom stereocenters. The topological polar surface area (TPSA) is 56.2 Å². The summed E-state index contributed by atoms with van der Waals surface area (Å²) in [6.07, 6.45) is 4.44. The van der Waals surface area contributed by atoms with E-state index in [9.17, 15) is 0 Å². The molecule has 2 N–H and O–H groups in total. The number of aromatic nitrogens is 3. The van der Waals surface area contributed by atoms with E-state index in [4.69, 9.17) is 5.73 Å². The van der Waals surface area contributed by atoms with E-state index < -0.39 is 0 Å². The van der Waals surface area contributed by atoms with Crippen LogP contribution in [0.4, 0.5) is 5.69 Å². The summed E-state index contributed by atoms with van der Waals surface area (Å²) in [5.41, 5.74) is 7.28. The van der Waals surface area contributed by atoms with Gasteiger partial charge in [-0.3, -0.25) is 4.40 Å². The molecule has 1 aliphatic rings. The fourth-order valence-corrected chi connectivity index (χ4v) is 3.19. The fraction of sp³-hybridized carbons (Fsp3) is 0.400. The predicted molar refractivity (Wildman–Crippen MR) is 61.8 cm³/mol. The molecule has 5 heteroatoms. The van der Waals surface area contributed by atoms with Gasteiger partial charge in [-0.2, -0.15) is 11.8 Å². The number of thioether (sulfide) groups is 1. The summed E-state index contributed by atoms with van der Waals surface area (Å²) in [6.45, 7) is 0. The lowest BCUT2D eigenvalue weighted by Crippen LogP contribution is -1.98. The van der Waals surface area contributed by atoms with Crippen molar-refractivity contribution in [2.75, 3.05) is 11.5 Å². The lowest BCUT2D eigenvalue weighted by molar-refractivity contribution is 0.766. The zero-order chi connectivity index (χ0) is 10.3. The lowest BCUT2D eigenvalue weighted by Gasteiger charge is -2.05. The summed E-state index contributed by atoms with van der Waals surface area (Å²) in [5, 5.41) is 8.90. The van der Waals surface area contributed by atoms with Gasteiger partial charge in [0, 0.05) is 18.0 Å². The Morgan fingerprint density at radius 1 is 1.47 bits per heavy atom. The summed E-state index contributed by atoms with van der Waals surface area (Å²) in [7, 11) is 0. The van der Waals surface area contributed by atoms with Crippen LogP contribution < -0.4 is 5.73 Å². The van der Waals surface area contributed by atoms with Crippen molar-refractivity contribution in [3.05, 3.63) is 24.2 Å². The lowest BCUT2D eigenvalue weighted by atomic mass is 10.2. The summed E-state index contributed by atoms with van der Waals surface area (Å²) in [5.74, 6) is 2.29. The van der Waals surface area contributed by atoms with Crippen LogP contribution in [0, 0.1) is 0 Å². The minimum Gasteiger partial charge on any atom is -0.399 e. The Hall–Kier alpha value is -1.23. The molecule has 0 aromatic carbocycles.